The number of alkyl halides is 1. The summed E-state index contributed by atoms with van der Waals surface area (Å²) in [5.74, 6) is -0.106. The number of alkyl carbamates (subject to hydrolysis) is 1. The van der Waals surface area contributed by atoms with Gasteiger partial charge in [-0.2, -0.15) is 0 Å². The van der Waals surface area contributed by atoms with Crippen LogP contribution in [0, 0.1) is 23.7 Å². The van der Waals surface area contributed by atoms with Crippen molar-refractivity contribution in [2.24, 2.45) is 23.7 Å². The Balaban J connectivity index is 1.11. The van der Waals surface area contributed by atoms with Crippen LogP contribution in [0.1, 0.15) is 85.0 Å². The molecule has 0 aromatic heterocycles. The van der Waals surface area contributed by atoms with Gasteiger partial charge in [0.25, 0.3) is 0 Å². The summed E-state index contributed by atoms with van der Waals surface area (Å²) in [7, 11) is 0. The Kier molecular flexibility index (Phi) is 9.72. The van der Waals surface area contributed by atoms with Crippen LogP contribution >= 0.6 is 0 Å². The summed E-state index contributed by atoms with van der Waals surface area (Å²) in [6, 6.07) is -0.876. The third kappa shape index (κ3) is 7.01. The van der Waals surface area contributed by atoms with Crippen LogP contribution < -0.4 is 10.6 Å². The number of ether oxygens (including phenoxy) is 3. The number of nitrogens with one attached hydrogen (secondary N) is 2. The third-order valence-electron chi connectivity index (χ3n) is 12.2. The average Bonchev–Trinajstić information content (AvgIpc) is 3.50. The number of rotatable bonds is 7. The highest BCUT2D eigenvalue weighted by molar-refractivity contribution is 6.22. The quantitative estimate of drug-likeness (QED) is 0.396. The molecule has 2 saturated heterocycles. The third-order valence-corrected chi connectivity index (χ3v) is 12.2. The maximum Gasteiger partial charge on any atom is 0.407 e. The van der Waals surface area contributed by atoms with Crippen molar-refractivity contribution < 1.29 is 33.0 Å². The van der Waals surface area contributed by atoms with Crippen LogP contribution in [0.5, 0.6) is 0 Å². The molecule has 262 valence electrons. The van der Waals surface area contributed by atoms with Crippen LogP contribution in [0.2, 0.25) is 0 Å². The van der Waals surface area contributed by atoms with E-state index < -0.39 is 35.9 Å². The minimum Gasteiger partial charge on any atom is -0.444 e. The summed E-state index contributed by atoms with van der Waals surface area (Å²) >= 11 is 0. The van der Waals surface area contributed by atoms with Crippen molar-refractivity contribution in [1.29, 1.82) is 0 Å². The summed E-state index contributed by atoms with van der Waals surface area (Å²) in [5.41, 5.74) is -0.380. The van der Waals surface area contributed by atoms with E-state index in [0.717, 1.165) is 45.7 Å². The molecule has 4 saturated carbocycles. The fourth-order valence-corrected chi connectivity index (χ4v) is 9.97. The summed E-state index contributed by atoms with van der Waals surface area (Å²) < 4.78 is 34.1. The van der Waals surface area contributed by atoms with Crippen LogP contribution in [0.3, 0.4) is 0 Å². The highest BCUT2D eigenvalue weighted by Gasteiger charge is 2.60. The maximum atomic E-state index is 16.3. The molecule has 7 rings (SSSR count). The highest BCUT2D eigenvalue weighted by Crippen LogP contribution is 2.50. The van der Waals surface area contributed by atoms with Gasteiger partial charge in [0.05, 0.1) is 49.1 Å². The van der Waals surface area contributed by atoms with Gasteiger partial charge in [-0.05, 0) is 71.1 Å². The second-order valence-corrected chi connectivity index (χ2v) is 16.3. The van der Waals surface area contributed by atoms with E-state index in [-0.39, 0.29) is 53.7 Å². The first-order chi connectivity index (χ1) is 22.6. The smallest absolute Gasteiger partial charge is 0.407 e. The summed E-state index contributed by atoms with van der Waals surface area (Å²) in [5, 5.41) is 6.45. The summed E-state index contributed by atoms with van der Waals surface area (Å²) in [6.45, 7) is 10.1. The monoisotopic (exact) mass is 658 g/mol. The second kappa shape index (κ2) is 13.7. The first-order valence-electron chi connectivity index (χ1n) is 18.5. The highest BCUT2D eigenvalue weighted by atomic mass is 19.1. The molecule has 0 spiro atoms. The minimum absolute atomic E-state index is 0.0419. The first-order valence-corrected chi connectivity index (χ1v) is 18.5. The van der Waals surface area contributed by atoms with E-state index in [1.165, 1.54) is 25.7 Å². The van der Waals surface area contributed by atoms with Gasteiger partial charge in [-0.15, -0.1) is 0 Å². The first kappa shape index (κ1) is 33.4. The molecule has 11 heteroatoms. The molecule has 2 N–H and O–H groups in total. The van der Waals surface area contributed by atoms with Crippen molar-refractivity contribution in [3.63, 3.8) is 0 Å². The van der Waals surface area contributed by atoms with Crippen LogP contribution in [-0.4, -0.2) is 115 Å². The number of allylic oxidation sites excluding steroid dienone is 1. The Bertz CT molecular complexity index is 1220. The molecule has 10 nitrogen and oxygen atoms in total. The Morgan fingerprint density at radius 2 is 1.77 bits per heavy atom. The number of Topliss-reactive ketones (excluding diaryl/α,β-unsaturated/α-hetero) is 2. The topological polar surface area (TPSA) is 109 Å². The van der Waals surface area contributed by atoms with Crippen molar-refractivity contribution >= 4 is 17.7 Å². The van der Waals surface area contributed by atoms with Gasteiger partial charge >= 0.3 is 6.09 Å². The zero-order chi connectivity index (χ0) is 32.9. The molecule has 1 amide bonds. The molecule has 7 aliphatic rings. The molecule has 0 aromatic rings. The van der Waals surface area contributed by atoms with Crippen molar-refractivity contribution in [2.75, 3.05) is 39.4 Å². The number of nitrogens with zero attached hydrogens (tertiary/aromatic N) is 2. The fraction of sp³-hybridized carbons (Fsp3) is 0.861. The second-order valence-electron chi connectivity index (χ2n) is 16.3. The van der Waals surface area contributed by atoms with Crippen LogP contribution in [0.25, 0.3) is 0 Å². The van der Waals surface area contributed by atoms with E-state index in [9.17, 15) is 14.4 Å². The Labute approximate surface area is 278 Å². The van der Waals surface area contributed by atoms with Gasteiger partial charge in [0.1, 0.15) is 11.8 Å². The van der Waals surface area contributed by atoms with Gasteiger partial charge < -0.3 is 29.7 Å². The van der Waals surface area contributed by atoms with Crippen LogP contribution in [0.15, 0.2) is 11.8 Å². The molecule has 0 aromatic carbocycles. The van der Waals surface area contributed by atoms with Gasteiger partial charge in [-0.3, -0.25) is 14.5 Å². The fourth-order valence-electron chi connectivity index (χ4n) is 9.97. The van der Waals surface area contributed by atoms with Gasteiger partial charge in [0, 0.05) is 50.3 Å². The largest absolute Gasteiger partial charge is 0.444 e. The lowest BCUT2D eigenvalue weighted by Gasteiger charge is -2.61. The van der Waals surface area contributed by atoms with Crippen LogP contribution in [-0.2, 0) is 23.8 Å². The summed E-state index contributed by atoms with van der Waals surface area (Å²) in [4.78, 5) is 45.4. The SMILES string of the molecule is CC(C)(C)OC(=O)N[C@@H]1CCC(C(=O)C2=CN3C4CC5CCCCC5CC4OC4C(NCCN5CCOCC5)C(F)CC(C2=O)C43)C1. The molecule has 10 unspecified atom stereocenters. The van der Waals surface area contributed by atoms with E-state index in [2.05, 4.69) is 20.4 Å². The Morgan fingerprint density at radius 1 is 1.02 bits per heavy atom. The van der Waals surface area contributed by atoms with E-state index in [4.69, 9.17) is 14.2 Å². The van der Waals surface area contributed by atoms with Gasteiger partial charge in [0.2, 0.25) is 0 Å². The van der Waals surface area contributed by atoms with Crippen molar-refractivity contribution in [2.45, 2.75) is 133 Å². The average molecular weight is 659 g/mol. The number of hydrogen-bond donors (Lipinski definition) is 2. The van der Waals surface area contributed by atoms with Gasteiger partial charge in [0.15, 0.2) is 11.6 Å². The van der Waals surface area contributed by atoms with Crippen LogP contribution in [0.4, 0.5) is 9.18 Å². The number of halogens is 1. The zero-order valence-electron chi connectivity index (χ0n) is 28.5. The lowest BCUT2D eigenvalue weighted by molar-refractivity contribution is -0.208. The number of amides is 1. The molecule has 6 fully saturated rings. The molecule has 4 aliphatic carbocycles. The Morgan fingerprint density at radius 3 is 2.51 bits per heavy atom. The normalized spacial score (nSPS) is 40.5. The summed E-state index contributed by atoms with van der Waals surface area (Å²) in [6.07, 6.45) is 8.37. The minimum atomic E-state index is -1.25. The van der Waals surface area contributed by atoms with Crippen molar-refractivity contribution in [3.8, 4) is 0 Å². The van der Waals surface area contributed by atoms with E-state index >= 15 is 4.39 Å². The standard InChI is InChI=1S/C36H55FN4O6/c1-36(2,3)47-35(44)39-24-9-8-23(16-24)32(42)26-20-41-28-17-21-6-4-5-7-22(21)18-29(28)46-34-30(27(37)19-25(31(34)41)33(26)43)38-10-11-40-12-14-45-15-13-40/h20-25,27-31,34,38H,4-19H2,1-3H3,(H,39,44)/t21?,22?,23?,24-,25?,27?,28?,29?,30?,31?,34?/m1/s1. The van der Waals surface area contributed by atoms with Crippen molar-refractivity contribution in [1.82, 2.24) is 20.4 Å². The molecular weight excluding hydrogens is 603 g/mol. The predicted molar refractivity (Wildman–Crippen MR) is 173 cm³/mol. The molecular formula is C36H55FN4O6. The molecule has 0 radical (unpaired) electrons. The van der Waals surface area contributed by atoms with E-state index in [1.54, 1.807) is 0 Å². The van der Waals surface area contributed by atoms with E-state index in [1.807, 2.05) is 27.0 Å². The number of hydrogen-bond acceptors (Lipinski definition) is 9. The number of carbonyl (C=O) groups is 3. The van der Waals surface area contributed by atoms with Gasteiger partial charge in [-0.1, -0.05) is 25.7 Å². The molecule has 0 bridgehead atoms. The number of carbonyl (C=O) groups excluding carboxylic acids is 3. The van der Waals surface area contributed by atoms with Gasteiger partial charge in [-0.25, -0.2) is 9.18 Å². The number of fused-ring (bicyclic) bond motifs is 3. The maximum absolute atomic E-state index is 16.3. The predicted octanol–water partition coefficient (Wildman–Crippen LogP) is 3.77. The molecule has 47 heavy (non-hydrogen) atoms. The lowest BCUT2D eigenvalue weighted by Crippen LogP contribution is -2.73. The molecule has 3 aliphatic heterocycles. The molecule has 11 atom stereocenters. The Hall–Kier alpha value is -2.08. The van der Waals surface area contributed by atoms with Crippen molar-refractivity contribution in [3.05, 3.63) is 11.8 Å². The van der Waals surface area contributed by atoms with E-state index in [0.29, 0.717) is 37.6 Å². The zero-order valence-corrected chi connectivity index (χ0v) is 28.5. The molecule has 3 heterocycles. The number of ketones is 2. The number of morpholine rings is 2. The lowest BCUT2D eigenvalue weighted by atomic mass is 9.64.